The lowest BCUT2D eigenvalue weighted by Gasteiger charge is -2.06. The molecule has 0 aliphatic heterocycles. The van der Waals surface area contributed by atoms with Crippen molar-refractivity contribution in [2.75, 3.05) is 25.7 Å². The summed E-state index contributed by atoms with van der Waals surface area (Å²) < 4.78 is 10.0. The third kappa shape index (κ3) is 4.09. The molecule has 108 valence electrons. The van der Waals surface area contributed by atoms with E-state index in [4.69, 9.17) is 20.9 Å². The Labute approximate surface area is 120 Å². The van der Waals surface area contributed by atoms with Crippen LogP contribution in [-0.2, 0) is 0 Å². The molecular weight excluding hydrogens is 252 g/mol. The standard InChI is InChI=1S/C8H11NO2.C8H11N/c1-10-7-4-3-6(9)5-8(7)11-2;1-6-4-3-5-7(2)8(6)9/h3-5H,9H2,1-2H3;3-5H,9H2,1-2H3. The van der Waals surface area contributed by atoms with Crippen molar-refractivity contribution in [1.29, 1.82) is 0 Å². The van der Waals surface area contributed by atoms with Crippen LogP contribution in [-0.4, -0.2) is 14.2 Å². The average molecular weight is 274 g/mol. The van der Waals surface area contributed by atoms with Gasteiger partial charge >= 0.3 is 0 Å². The van der Waals surface area contributed by atoms with Crippen LogP contribution < -0.4 is 20.9 Å². The van der Waals surface area contributed by atoms with Crippen molar-refractivity contribution in [2.45, 2.75) is 13.8 Å². The molecule has 0 aliphatic rings. The molecule has 0 spiro atoms. The monoisotopic (exact) mass is 274 g/mol. The lowest BCUT2D eigenvalue weighted by atomic mass is 10.1. The number of ether oxygens (including phenoxy) is 2. The SMILES string of the molecule is COc1ccc(N)cc1OC.Cc1cccc(C)c1N. The van der Waals surface area contributed by atoms with E-state index in [-0.39, 0.29) is 0 Å². The van der Waals surface area contributed by atoms with Gasteiger partial charge in [0.2, 0.25) is 0 Å². The van der Waals surface area contributed by atoms with Crippen LogP contribution in [0.3, 0.4) is 0 Å². The zero-order chi connectivity index (χ0) is 15.1. The molecule has 4 N–H and O–H groups in total. The molecule has 0 fully saturated rings. The molecule has 0 heterocycles. The van der Waals surface area contributed by atoms with E-state index >= 15 is 0 Å². The maximum absolute atomic E-state index is 5.68. The number of rotatable bonds is 2. The quantitative estimate of drug-likeness (QED) is 0.825. The number of aryl methyl sites for hydroxylation is 2. The fourth-order valence-corrected chi connectivity index (χ4v) is 1.68. The maximum atomic E-state index is 5.68. The third-order valence-electron chi connectivity index (χ3n) is 2.95. The van der Waals surface area contributed by atoms with E-state index in [0.717, 1.165) is 16.8 Å². The van der Waals surface area contributed by atoms with E-state index in [2.05, 4.69) is 0 Å². The van der Waals surface area contributed by atoms with Crippen molar-refractivity contribution in [3.05, 3.63) is 47.5 Å². The van der Waals surface area contributed by atoms with Crippen molar-refractivity contribution in [2.24, 2.45) is 0 Å². The van der Waals surface area contributed by atoms with Gasteiger partial charge in [-0.1, -0.05) is 18.2 Å². The number of benzene rings is 2. The van der Waals surface area contributed by atoms with E-state index in [1.54, 1.807) is 32.4 Å². The molecule has 0 atom stereocenters. The maximum Gasteiger partial charge on any atom is 0.162 e. The highest BCUT2D eigenvalue weighted by Crippen LogP contribution is 2.28. The first kappa shape index (κ1) is 15.7. The Balaban J connectivity index is 0.000000204. The van der Waals surface area contributed by atoms with Crippen LogP contribution in [0.15, 0.2) is 36.4 Å². The number of methoxy groups -OCH3 is 2. The summed E-state index contributed by atoms with van der Waals surface area (Å²) in [5.74, 6) is 1.36. The van der Waals surface area contributed by atoms with Gasteiger partial charge in [-0.15, -0.1) is 0 Å². The van der Waals surface area contributed by atoms with E-state index in [9.17, 15) is 0 Å². The molecular formula is C16H22N2O2. The molecule has 0 aliphatic carbocycles. The second kappa shape index (κ2) is 7.28. The summed E-state index contributed by atoms with van der Waals surface area (Å²) in [6, 6.07) is 11.3. The van der Waals surface area contributed by atoms with Gasteiger partial charge in [-0.25, -0.2) is 0 Å². The minimum absolute atomic E-state index is 0.660. The number of hydrogen-bond acceptors (Lipinski definition) is 4. The predicted molar refractivity (Wildman–Crippen MR) is 84.3 cm³/mol. The number of nitrogen functional groups attached to an aromatic ring is 2. The van der Waals surface area contributed by atoms with E-state index in [1.165, 1.54) is 0 Å². The van der Waals surface area contributed by atoms with Crippen LogP contribution in [0.5, 0.6) is 11.5 Å². The summed E-state index contributed by atoms with van der Waals surface area (Å²) in [7, 11) is 3.17. The lowest BCUT2D eigenvalue weighted by Crippen LogP contribution is -1.92. The molecule has 4 heteroatoms. The zero-order valence-corrected chi connectivity index (χ0v) is 12.4. The molecule has 4 nitrogen and oxygen atoms in total. The first-order valence-electron chi connectivity index (χ1n) is 6.28. The molecule has 2 rings (SSSR count). The van der Waals surface area contributed by atoms with Crippen LogP contribution in [0.2, 0.25) is 0 Å². The first-order valence-corrected chi connectivity index (χ1v) is 6.28. The molecule has 0 radical (unpaired) electrons. The van der Waals surface area contributed by atoms with Gasteiger partial charge in [-0.05, 0) is 37.1 Å². The summed E-state index contributed by atoms with van der Waals surface area (Å²) in [5, 5.41) is 0. The van der Waals surface area contributed by atoms with Crippen molar-refractivity contribution in [1.82, 2.24) is 0 Å². The van der Waals surface area contributed by atoms with Gasteiger partial charge in [0.15, 0.2) is 11.5 Å². The number of nitrogens with two attached hydrogens (primary N) is 2. The summed E-state index contributed by atoms with van der Waals surface area (Å²) in [4.78, 5) is 0. The second-order valence-corrected chi connectivity index (χ2v) is 4.42. The number of para-hydroxylation sites is 1. The Morgan fingerprint density at radius 1 is 0.800 bits per heavy atom. The minimum atomic E-state index is 0.660. The van der Waals surface area contributed by atoms with Gasteiger partial charge in [0.1, 0.15) is 0 Å². The Hall–Kier alpha value is -2.36. The molecule has 0 bridgehead atoms. The van der Waals surface area contributed by atoms with Gasteiger partial charge in [0, 0.05) is 17.4 Å². The minimum Gasteiger partial charge on any atom is -0.493 e. The van der Waals surface area contributed by atoms with Crippen LogP contribution in [0.4, 0.5) is 11.4 Å². The van der Waals surface area contributed by atoms with Gasteiger partial charge in [-0.3, -0.25) is 0 Å². The van der Waals surface area contributed by atoms with Crippen molar-refractivity contribution >= 4 is 11.4 Å². The highest BCUT2D eigenvalue weighted by atomic mass is 16.5. The molecule has 0 amide bonds. The highest BCUT2D eigenvalue weighted by molar-refractivity contribution is 5.52. The van der Waals surface area contributed by atoms with Crippen LogP contribution >= 0.6 is 0 Å². The van der Waals surface area contributed by atoms with Crippen LogP contribution in [0.25, 0.3) is 0 Å². The summed E-state index contributed by atoms with van der Waals surface area (Å²) in [6.45, 7) is 4.03. The lowest BCUT2D eigenvalue weighted by molar-refractivity contribution is 0.355. The molecule has 0 saturated carbocycles. The third-order valence-corrected chi connectivity index (χ3v) is 2.95. The predicted octanol–water partition coefficient (Wildman–Crippen LogP) is 3.17. The molecule has 0 unspecified atom stereocenters. The molecule has 0 saturated heterocycles. The fraction of sp³-hybridized carbons (Fsp3) is 0.250. The van der Waals surface area contributed by atoms with E-state index < -0.39 is 0 Å². The Morgan fingerprint density at radius 2 is 1.35 bits per heavy atom. The topological polar surface area (TPSA) is 70.5 Å². The Kier molecular flexibility index (Phi) is 5.72. The summed E-state index contributed by atoms with van der Waals surface area (Å²) >= 11 is 0. The van der Waals surface area contributed by atoms with Crippen LogP contribution in [0.1, 0.15) is 11.1 Å². The normalized spacial score (nSPS) is 9.40. The van der Waals surface area contributed by atoms with Crippen LogP contribution in [0, 0.1) is 13.8 Å². The zero-order valence-electron chi connectivity index (χ0n) is 12.4. The molecule has 2 aromatic rings. The highest BCUT2D eigenvalue weighted by Gasteiger charge is 2.01. The van der Waals surface area contributed by atoms with Crippen molar-refractivity contribution in [3.63, 3.8) is 0 Å². The van der Waals surface area contributed by atoms with Gasteiger partial charge in [0.05, 0.1) is 14.2 Å². The van der Waals surface area contributed by atoms with Crippen molar-refractivity contribution < 1.29 is 9.47 Å². The van der Waals surface area contributed by atoms with E-state index in [0.29, 0.717) is 17.2 Å². The first-order chi connectivity index (χ1) is 9.49. The number of hydrogen-bond donors (Lipinski definition) is 2. The number of anilines is 2. The molecule has 20 heavy (non-hydrogen) atoms. The fourth-order valence-electron chi connectivity index (χ4n) is 1.68. The Bertz CT molecular complexity index is 548. The van der Waals surface area contributed by atoms with Gasteiger partial charge < -0.3 is 20.9 Å². The molecule has 2 aromatic carbocycles. The summed E-state index contributed by atoms with van der Waals surface area (Å²) in [5.41, 5.74) is 15.1. The van der Waals surface area contributed by atoms with Gasteiger partial charge in [-0.2, -0.15) is 0 Å². The largest absolute Gasteiger partial charge is 0.493 e. The smallest absolute Gasteiger partial charge is 0.162 e. The van der Waals surface area contributed by atoms with Gasteiger partial charge in [0.25, 0.3) is 0 Å². The Morgan fingerprint density at radius 3 is 1.80 bits per heavy atom. The second-order valence-electron chi connectivity index (χ2n) is 4.42. The summed E-state index contributed by atoms with van der Waals surface area (Å²) in [6.07, 6.45) is 0. The average Bonchev–Trinajstić information content (AvgIpc) is 2.45. The van der Waals surface area contributed by atoms with E-state index in [1.807, 2.05) is 32.0 Å². The molecule has 0 aromatic heterocycles. The van der Waals surface area contributed by atoms with Crippen molar-refractivity contribution in [3.8, 4) is 11.5 Å².